The van der Waals surface area contributed by atoms with Gasteiger partial charge in [-0.25, -0.2) is 9.78 Å². The van der Waals surface area contributed by atoms with Gasteiger partial charge >= 0.3 is 5.97 Å². The van der Waals surface area contributed by atoms with Crippen LogP contribution in [-0.4, -0.2) is 29.0 Å². The maximum Gasteiger partial charge on any atom is 0.337 e. The first-order chi connectivity index (χ1) is 15.4. The third-order valence-corrected chi connectivity index (χ3v) is 5.59. The monoisotopic (exact) mass is 513 g/mol. The van der Waals surface area contributed by atoms with Crippen molar-refractivity contribution >= 4 is 50.6 Å². The summed E-state index contributed by atoms with van der Waals surface area (Å²) in [4.78, 5) is 29.3. The van der Waals surface area contributed by atoms with Crippen LogP contribution in [-0.2, 0) is 11.2 Å². The van der Waals surface area contributed by atoms with Gasteiger partial charge in [0.15, 0.2) is 0 Å². The fourth-order valence-electron chi connectivity index (χ4n) is 3.18. The summed E-state index contributed by atoms with van der Waals surface area (Å²) in [5.41, 5.74) is 1.23. The number of benzene rings is 2. The van der Waals surface area contributed by atoms with Gasteiger partial charge in [-0.05, 0) is 48.5 Å². The molecule has 0 saturated carbocycles. The third kappa shape index (κ3) is 4.24. The summed E-state index contributed by atoms with van der Waals surface area (Å²) in [5.74, 6) is 0.911. The highest BCUT2D eigenvalue weighted by Gasteiger charge is 2.14. The van der Waals surface area contributed by atoms with E-state index < -0.39 is 5.97 Å². The zero-order chi connectivity index (χ0) is 22.8. The highest BCUT2D eigenvalue weighted by atomic mass is 79.9. The zero-order valence-electron chi connectivity index (χ0n) is 17.1. The van der Waals surface area contributed by atoms with Crippen LogP contribution in [0.2, 0.25) is 5.02 Å². The standard InChI is InChI=1S/C23H17BrClN3O4/c1-3-21-27-19-8-5-14(24)11-17(19)22(29)28(21)26-12-15-6-9-20(32-15)16-10-13(23(30)31-2)4-7-18(16)25/h4-12H,3H2,1-2H3. The van der Waals surface area contributed by atoms with Crippen LogP contribution in [0.15, 0.2) is 67.3 Å². The predicted molar refractivity (Wildman–Crippen MR) is 127 cm³/mol. The Bertz CT molecular complexity index is 1420. The number of carbonyl (C=O) groups is 1. The Kier molecular flexibility index (Phi) is 6.25. The summed E-state index contributed by atoms with van der Waals surface area (Å²) in [5, 5.41) is 5.19. The Labute approximate surface area is 196 Å². The Morgan fingerprint density at radius 3 is 2.81 bits per heavy atom. The molecule has 0 atom stereocenters. The SMILES string of the molecule is CCc1nc2ccc(Br)cc2c(=O)n1N=Cc1ccc(-c2cc(C(=O)OC)ccc2Cl)o1. The molecule has 4 rings (SSSR count). The van der Waals surface area contributed by atoms with Gasteiger partial charge in [0.2, 0.25) is 0 Å². The number of halogens is 2. The smallest absolute Gasteiger partial charge is 0.337 e. The number of carbonyl (C=O) groups excluding carboxylic acids is 1. The van der Waals surface area contributed by atoms with Crippen molar-refractivity contribution in [2.45, 2.75) is 13.3 Å². The van der Waals surface area contributed by atoms with E-state index >= 15 is 0 Å². The minimum absolute atomic E-state index is 0.273. The van der Waals surface area contributed by atoms with Crippen molar-refractivity contribution in [1.29, 1.82) is 0 Å². The number of methoxy groups -OCH3 is 1. The van der Waals surface area contributed by atoms with Crippen molar-refractivity contribution in [2.75, 3.05) is 7.11 Å². The lowest BCUT2D eigenvalue weighted by atomic mass is 10.1. The van der Waals surface area contributed by atoms with E-state index in [0.717, 1.165) is 4.47 Å². The van der Waals surface area contributed by atoms with Gasteiger partial charge in [-0.15, -0.1) is 0 Å². The molecule has 7 nitrogen and oxygen atoms in total. The normalized spacial score (nSPS) is 11.4. The van der Waals surface area contributed by atoms with Gasteiger partial charge in [-0.3, -0.25) is 4.79 Å². The lowest BCUT2D eigenvalue weighted by Crippen LogP contribution is -2.22. The number of esters is 1. The molecule has 0 radical (unpaired) electrons. The van der Waals surface area contributed by atoms with Crippen molar-refractivity contribution < 1.29 is 13.9 Å². The summed E-state index contributed by atoms with van der Waals surface area (Å²) in [6.45, 7) is 1.90. The molecule has 2 aromatic carbocycles. The average Bonchev–Trinajstić information content (AvgIpc) is 3.27. The van der Waals surface area contributed by atoms with Gasteiger partial charge in [-0.2, -0.15) is 9.78 Å². The van der Waals surface area contributed by atoms with Crippen molar-refractivity contribution in [3.05, 3.63) is 85.5 Å². The van der Waals surface area contributed by atoms with Crippen molar-refractivity contribution in [3.8, 4) is 11.3 Å². The average molecular weight is 515 g/mol. The molecular weight excluding hydrogens is 498 g/mol. The Morgan fingerprint density at radius 2 is 2.06 bits per heavy atom. The topological polar surface area (TPSA) is 86.7 Å². The van der Waals surface area contributed by atoms with E-state index in [1.807, 2.05) is 13.0 Å². The number of fused-ring (bicyclic) bond motifs is 1. The molecule has 0 amide bonds. The van der Waals surface area contributed by atoms with Crippen molar-refractivity contribution in [2.24, 2.45) is 5.10 Å². The second-order valence-electron chi connectivity index (χ2n) is 6.79. The quantitative estimate of drug-likeness (QED) is 0.266. The van der Waals surface area contributed by atoms with Crippen LogP contribution in [0.5, 0.6) is 0 Å². The highest BCUT2D eigenvalue weighted by Crippen LogP contribution is 2.30. The maximum absolute atomic E-state index is 13.0. The number of aromatic nitrogens is 2. The molecule has 0 aliphatic heterocycles. The second kappa shape index (κ2) is 9.10. The summed E-state index contributed by atoms with van der Waals surface area (Å²) in [6.07, 6.45) is 1.96. The lowest BCUT2D eigenvalue weighted by molar-refractivity contribution is 0.0601. The largest absolute Gasteiger partial charge is 0.465 e. The molecule has 2 aromatic heterocycles. The summed E-state index contributed by atoms with van der Waals surface area (Å²) >= 11 is 9.67. The minimum Gasteiger partial charge on any atom is -0.465 e. The molecule has 0 N–H and O–H groups in total. The van der Waals surface area contributed by atoms with Crippen LogP contribution >= 0.6 is 27.5 Å². The Morgan fingerprint density at radius 1 is 1.25 bits per heavy atom. The number of ether oxygens (including phenoxy) is 1. The van der Waals surface area contributed by atoms with E-state index in [4.69, 9.17) is 20.8 Å². The van der Waals surface area contributed by atoms with Crippen LogP contribution in [0, 0.1) is 0 Å². The van der Waals surface area contributed by atoms with Gasteiger partial charge in [0.25, 0.3) is 5.56 Å². The van der Waals surface area contributed by atoms with Gasteiger partial charge in [0, 0.05) is 16.5 Å². The van der Waals surface area contributed by atoms with Crippen LogP contribution in [0.4, 0.5) is 0 Å². The number of nitrogens with zero attached hydrogens (tertiary/aromatic N) is 3. The number of hydrogen-bond acceptors (Lipinski definition) is 6. The third-order valence-electron chi connectivity index (χ3n) is 4.77. The Balaban J connectivity index is 1.71. The Hall–Kier alpha value is -3.23. The minimum atomic E-state index is -0.474. The first-order valence-corrected chi connectivity index (χ1v) is 10.8. The highest BCUT2D eigenvalue weighted by molar-refractivity contribution is 9.10. The van der Waals surface area contributed by atoms with E-state index in [1.54, 1.807) is 42.5 Å². The molecule has 0 unspecified atom stereocenters. The predicted octanol–water partition coefficient (Wildman–Crippen LogP) is 5.30. The molecule has 2 heterocycles. The van der Waals surface area contributed by atoms with Gasteiger partial charge < -0.3 is 9.15 Å². The molecule has 4 aromatic rings. The molecule has 0 bridgehead atoms. The van der Waals surface area contributed by atoms with Gasteiger partial charge in [-0.1, -0.05) is 34.5 Å². The van der Waals surface area contributed by atoms with Crippen LogP contribution < -0.4 is 5.56 Å². The lowest BCUT2D eigenvalue weighted by Gasteiger charge is -2.07. The molecular formula is C23H17BrClN3O4. The van der Waals surface area contributed by atoms with E-state index in [1.165, 1.54) is 18.0 Å². The zero-order valence-corrected chi connectivity index (χ0v) is 19.5. The van der Waals surface area contributed by atoms with E-state index in [-0.39, 0.29) is 5.56 Å². The van der Waals surface area contributed by atoms with E-state index in [0.29, 0.717) is 50.8 Å². The van der Waals surface area contributed by atoms with Gasteiger partial charge in [0.1, 0.15) is 17.3 Å². The molecule has 0 aliphatic carbocycles. The van der Waals surface area contributed by atoms with E-state index in [9.17, 15) is 9.59 Å². The van der Waals surface area contributed by atoms with Crippen LogP contribution in [0.1, 0.15) is 28.9 Å². The number of hydrogen-bond donors (Lipinski definition) is 0. The molecule has 32 heavy (non-hydrogen) atoms. The van der Waals surface area contributed by atoms with Crippen molar-refractivity contribution in [1.82, 2.24) is 9.66 Å². The van der Waals surface area contributed by atoms with Gasteiger partial charge in [0.05, 0.1) is 34.8 Å². The number of rotatable bonds is 5. The second-order valence-corrected chi connectivity index (χ2v) is 8.12. The summed E-state index contributed by atoms with van der Waals surface area (Å²) < 4.78 is 12.6. The van der Waals surface area contributed by atoms with Crippen LogP contribution in [0.25, 0.3) is 22.2 Å². The summed E-state index contributed by atoms with van der Waals surface area (Å²) in [6, 6.07) is 13.5. The molecule has 0 fully saturated rings. The van der Waals surface area contributed by atoms with Crippen molar-refractivity contribution in [3.63, 3.8) is 0 Å². The molecule has 0 saturated heterocycles. The molecule has 0 aliphatic rings. The molecule has 162 valence electrons. The fraction of sp³-hybridized carbons (Fsp3) is 0.130. The first kappa shape index (κ1) is 22.0. The number of furan rings is 1. The van der Waals surface area contributed by atoms with Crippen LogP contribution in [0.3, 0.4) is 0 Å². The summed E-state index contributed by atoms with van der Waals surface area (Å²) in [7, 11) is 1.31. The first-order valence-electron chi connectivity index (χ1n) is 9.65. The molecule has 0 spiro atoms. The molecule has 9 heteroatoms. The fourth-order valence-corrected chi connectivity index (χ4v) is 3.75. The maximum atomic E-state index is 13.0. The van der Waals surface area contributed by atoms with E-state index in [2.05, 4.69) is 26.0 Å². The number of aryl methyl sites for hydroxylation is 1.